The lowest BCUT2D eigenvalue weighted by Gasteiger charge is -2.25. The number of nitrogens with zero attached hydrogens (tertiary/aromatic N) is 1. The molecule has 100 valence electrons. The van der Waals surface area contributed by atoms with E-state index in [9.17, 15) is 4.79 Å². The van der Waals surface area contributed by atoms with Crippen LogP contribution >= 0.6 is 0 Å². The summed E-state index contributed by atoms with van der Waals surface area (Å²) in [5.41, 5.74) is 5.37. The van der Waals surface area contributed by atoms with Gasteiger partial charge in [0.05, 0.1) is 23.0 Å². The number of nitrogens with one attached hydrogen (secondary N) is 1. The van der Waals surface area contributed by atoms with Crippen molar-refractivity contribution in [1.29, 1.82) is 0 Å². The fraction of sp³-hybridized carbons (Fsp3) is 0.500. The van der Waals surface area contributed by atoms with Gasteiger partial charge in [0.1, 0.15) is 5.82 Å². The van der Waals surface area contributed by atoms with Crippen LogP contribution in [-0.2, 0) is 4.74 Å². The molecule has 0 bridgehead atoms. The number of carboxylic acids is 1. The van der Waals surface area contributed by atoms with Crippen LogP contribution in [0.4, 0.5) is 11.5 Å². The Labute approximate surface area is 106 Å². The van der Waals surface area contributed by atoms with Crippen LogP contribution in [0.3, 0.4) is 0 Å². The number of nitrogen functional groups attached to an aromatic ring is 1. The normalized spacial score (nSPS) is 11.3. The Balaban J connectivity index is 2.74. The van der Waals surface area contributed by atoms with Gasteiger partial charge in [0, 0.05) is 13.2 Å². The number of aromatic nitrogens is 1. The van der Waals surface area contributed by atoms with Gasteiger partial charge in [0.25, 0.3) is 0 Å². The summed E-state index contributed by atoms with van der Waals surface area (Å²) in [5, 5.41) is 12.0. The number of hydrogen-bond donors (Lipinski definition) is 3. The molecule has 0 radical (unpaired) electrons. The van der Waals surface area contributed by atoms with E-state index in [-0.39, 0.29) is 16.9 Å². The molecule has 4 N–H and O–H groups in total. The molecule has 0 atom stereocenters. The van der Waals surface area contributed by atoms with Crippen LogP contribution in [0.15, 0.2) is 12.3 Å². The summed E-state index contributed by atoms with van der Waals surface area (Å²) in [4.78, 5) is 14.9. The molecule has 1 rings (SSSR count). The molecule has 1 aromatic heterocycles. The van der Waals surface area contributed by atoms with E-state index in [1.165, 1.54) is 12.3 Å². The molecule has 0 aliphatic heterocycles. The third-order valence-corrected chi connectivity index (χ3v) is 2.40. The molecule has 0 saturated heterocycles. The van der Waals surface area contributed by atoms with Crippen molar-refractivity contribution in [1.82, 2.24) is 4.98 Å². The van der Waals surface area contributed by atoms with E-state index in [0.717, 1.165) is 0 Å². The van der Waals surface area contributed by atoms with Crippen LogP contribution in [-0.4, -0.2) is 34.8 Å². The van der Waals surface area contributed by atoms with Crippen LogP contribution in [0.2, 0.25) is 0 Å². The molecular weight excluding hydrogens is 234 g/mol. The Morgan fingerprint density at radius 2 is 2.28 bits per heavy atom. The first-order valence-corrected chi connectivity index (χ1v) is 5.72. The van der Waals surface area contributed by atoms with Gasteiger partial charge >= 0.3 is 5.97 Å². The van der Waals surface area contributed by atoms with Crippen LogP contribution in [0.5, 0.6) is 0 Å². The smallest absolute Gasteiger partial charge is 0.337 e. The summed E-state index contributed by atoms with van der Waals surface area (Å²) in [6, 6.07) is 1.42. The Morgan fingerprint density at radius 1 is 1.61 bits per heavy atom. The summed E-state index contributed by atoms with van der Waals surface area (Å²) in [7, 11) is 0. The molecule has 0 saturated carbocycles. The van der Waals surface area contributed by atoms with Crippen molar-refractivity contribution in [2.24, 2.45) is 0 Å². The first-order chi connectivity index (χ1) is 8.35. The van der Waals surface area contributed by atoms with Gasteiger partial charge in [-0.05, 0) is 26.8 Å². The van der Waals surface area contributed by atoms with Gasteiger partial charge in [-0.2, -0.15) is 0 Å². The minimum absolute atomic E-state index is 0.0433. The van der Waals surface area contributed by atoms with E-state index >= 15 is 0 Å². The molecule has 6 nitrogen and oxygen atoms in total. The van der Waals surface area contributed by atoms with Gasteiger partial charge in [0.2, 0.25) is 0 Å². The Morgan fingerprint density at radius 3 is 2.83 bits per heavy atom. The van der Waals surface area contributed by atoms with E-state index in [1.807, 2.05) is 20.8 Å². The van der Waals surface area contributed by atoms with E-state index in [0.29, 0.717) is 19.0 Å². The summed E-state index contributed by atoms with van der Waals surface area (Å²) in [6.07, 6.45) is 1.33. The Kier molecular flexibility index (Phi) is 4.49. The first kappa shape index (κ1) is 14.2. The largest absolute Gasteiger partial charge is 0.478 e. The van der Waals surface area contributed by atoms with Crippen LogP contribution in [0, 0.1) is 0 Å². The van der Waals surface area contributed by atoms with E-state index in [1.54, 1.807) is 0 Å². The first-order valence-electron chi connectivity index (χ1n) is 5.72. The van der Waals surface area contributed by atoms with Crippen molar-refractivity contribution >= 4 is 17.5 Å². The second-order valence-corrected chi connectivity index (χ2v) is 4.51. The molecular formula is C12H19N3O3. The van der Waals surface area contributed by atoms with E-state index < -0.39 is 5.97 Å². The average Bonchev–Trinajstić information content (AvgIpc) is 2.27. The molecule has 0 spiro atoms. The molecule has 1 heterocycles. The van der Waals surface area contributed by atoms with Gasteiger partial charge in [0.15, 0.2) is 0 Å². The third kappa shape index (κ3) is 3.89. The predicted molar refractivity (Wildman–Crippen MR) is 69.8 cm³/mol. The summed E-state index contributed by atoms with van der Waals surface area (Å²) >= 11 is 0. The van der Waals surface area contributed by atoms with Crippen LogP contribution < -0.4 is 11.1 Å². The molecule has 1 aromatic rings. The molecule has 18 heavy (non-hydrogen) atoms. The zero-order valence-corrected chi connectivity index (χ0v) is 10.9. The van der Waals surface area contributed by atoms with Gasteiger partial charge in [-0.25, -0.2) is 9.78 Å². The average molecular weight is 253 g/mol. The van der Waals surface area contributed by atoms with Gasteiger partial charge in [-0.1, -0.05) is 0 Å². The lowest BCUT2D eigenvalue weighted by molar-refractivity contribution is 0.000642. The predicted octanol–water partition coefficient (Wildman–Crippen LogP) is 1.59. The van der Waals surface area contributed by atoms with Crippen molar-refractivity contribution < 1.29 is 14.6 Å². The topological polar surface area (TPSA) is 97.5 Å². The maximum Gasteiger partial charge on any atom is 0.337 e. The number of hydrogen-bond acceptors (Lipinski definition) is 5. The molecule has 0 fully saturated rings. The summed E-state index contributed by atoms with van der Waals surface area (Å²) in [6.45, 7) is 6.95. The van der Waals surface area contributed by atoms with Crippen LogP contribution in [0.25, 0.3) is 0 Å². The molecule has 0 aliphatic rings. The maximum atomic E-state index is 10.9. The number of rotatable bonds is 6. The second kappa shape index (κ2) is 5.68. The zero-order valence-electron chi connectivity index (χ0n) is 10.9. The van der Waals surface area contributed by atoms with Crippen molar-refractivity contribution in [3.05, 3.63) is 17.8 Å². The highest BCUT2D eigenvalue weighted by molar-refractivity contribution is 5.94. The fourth-order valence-electron chi connectivity index (χ4n) is 1.49. The Bertz CT molecular complexity index is 433. The second-order valence-electron chi connectivity index (χ2n) is 4.51. The molecule has 0 aromatic carbocycles. The quantitative estimate of drug-likeness (QED) is 0.712. The number of nitrogens with two attached hydrogens (primary N) is 1. The molecule has 6 heteroatoms. The number of carboxylic acid groups (broad SMARTS) is 1. The number of aromatic carboxylic acids is 1. The Hall–Kier alpha value is -1.82. The van der Waals surface area contributed by atoms with Gasteiger partial charge in [-0.15, -0.1) is 0 Å². The number of carbonyl (C=O) groups is 1. The lowest BCUT2D eigenvalue weighted by Crippen LogP contribution is -2.33. The van der Waals surface area contributed by atoms with E-state index in [2.05, 4.69) is 10.3 Å². The van der Waals surface area contributed by atoms with Gasteiger partial charge < -0.3 is 20.9 Å². The number of ether oxygens (including phenoxy) is 1. The molecule has 0 aliphatic carbocycles. The minimum Gasteiger partial charge on any atom is -0.478 e. The third-order valence-electron chi connectivity index (χ3n) is 2.40. The summed E-state index contributed by atoms with van der Waals surface area (Å²) in [5.74, 6) is -0.601. The highest BCUT2D eigenvalue weighted by atomic mass is 16.5. The SMILES string of the molecule is CCOC(C)(C)CNc1cc(C(=O)O)c(N)cn1. The number of anilines is 2. The minimum atomic E-state index is -1.07. The van der Waals surface area contributed by atoms with Crippen molar-refractivity contribution in [2.45, 2.75) is 26.4 Å². The zero-order chi connectivity index (χ0) is 13.8. The van der Waals surface area contributed by atoms with Gasteiger partial charge in [-0.3, -0.25) is 0 Å². The van der Waals surface area contributed by atoms with E-state index in [4.69, 9.17) is 15.6 Å². The highest BCUT2D eigenvalue weighted by Crippen LogP contribution is 2.16. The van der Waals surface area contributed by atoms with Crippen LogP contribution in [0.1, 0.15) is 31.1 Å². The fourth-order valence-corrected chi connectivity index (χ4v) is 1.49. The summed E-state index contributed by atoms with van der Waals surface area (Å²) < 4.78 is 5.52. The van der Waals surface area contributed by atoms with Crippen molar-refractivity contribution in [2.75, 3.05) is 24.2 Å². The highest BCUT2D eigenvalue weighted by Gasteiger charge is 2.18. The maximum absolute atomic E-state index is 10.9. The molecule has 0 unspecified atom stereocenters. The van der Waals surface area contributed by atoms with Crippen molar-refractivity contribution in [3.8, 4) is 0 Å². The monoisotopic (exact) mass is 253 g/mol. The lowest BCUT2D eigenvalue weighted by atomic mass is 10.1. The molecule has 0 amide bonds. The number of pyridine rings is 1. The standard InChI is InChI=1S/C12H19N3O3/c1-4-18-12(2,3)7-15-10-5-8(11(16)17)9(13)6-14-10/h5-6H,4,7,13H2,1-3H3,(H,14,15)(H,16,17). The van der Waals surface area contributed by atoms with Crippen molar-refractivity contribution in [3.63, 3.8) is 0 Å².